The van der Waals surface area contributed by atoms with Crippen molar-refractivity contribution in [2.24, 2.45) is 0 Å². The summed E-state index contributed by atoms with van der Waals surface area (Å²) in [6.45, 7) is 0. The van der Waals surface area contributed by atoms with Crippen LogP contribution in [-0.2, 0) is 5.60 Å². The molecule has 0 aliphatic heterocycles. The van der Waals surface area contributed by atoms with Crippen LogP contribution in [0.5, 0.6) is 0 Å². The monoisotopic (exact) mass is 588 g/mol. The quantitative estimate of drug-likeness (QED) is 0.205. The molecule has 0 bridgehead atoms. The Hall–Kier alpha value is -1.70. The Morgan fingerprint density at radius 3 is 1.50 bits per heavy atom. The number of halogens is 2. The van der Waals surface area contributed by atoms with E-state index >= 15 is 0 Å². The maximum Gasteiger partial charge on any atom is 0.140 e. The van der Waals surface area contributed by atoms with Crippen LogP contribution >= 0.6 is 45.2 Å². The standard InChI is InChI=1S/C25H18I2O/c26-23-10-4-8-21(16-23)25(28,22-9-5-11-24(27)17-22)20-14-12-19(13-15-20)18-6-2-1-3-7-18/h1-17,28H. The summed E-state index contributed by atoms with van der Waals surface area (Å²) >= 11 is 4.58. The average Bonchev–Trinajstić information content (AvgIpc) is 2.74. The van der Waals surface area contributed by atoms with Crippen LogP contribution in [0.15, 0.2) is 103 Å². The molecule has 0 unspecified atom stereocenters. The number of hydrogen-bond donors (Lipinski definition) is 1. The minimum atomic E-state index is -1.21. The molecule has 0 heterocycles. The Morgan fingerprint density at radius 1 is 0.500 bits per heavy atom. The molecule has 0 aromatic heterocycles. The molecule has 0 saturated heterocycles. The summed E-state index contributed by atoms with van der Waals surface area (Å²) < 4.78 is 2.19. The van der Waals surface area contributed by atoms with E-state index in [4.69, 9.17) is 0 Å². The van der Waals surface area contributed by atoms with E-state index < -0.39 is 5.60 Å². The first-order valence-electron chi connectivity index (χ1n) is 8.98. The number of hydrogen-bond acceptors (Lipinski definition) is 1. The molecule has 0 amide bonds. The Balaban J connectivity index is 1.86. The number of rotatable bonds is 4. The van der Waals surface area contributed by atoms with Crippen molar-refractivity contribution in [2.45, 2.75) is 5.60 Å². The molecule has 4 aromatic rings. The van der Waals surface area contributed by atoms with Crippen LogP contribution in [0.4, 0.5) is 0 Å². The smallest absolute Gasteiger partial charge is 0.140 e. The SMILES string of the molecule is OC(c1ccc(-c2ccccc2)cc1)(c1cccc(I)c1)c1cccc(I)c1. The van der Waals surface area contributed by atoms with E-state index in [-0.39, 0.29) is 0 Å². The van der Waals surface area contributed by atoms with Gasteiger partial charge in [-0.2, -0.15) is 0 Å². The van der Waals surface area contributed by atoms with Gasteiger partial charge in [0.05, 0.1) is 0 Å². The molecule has 0 aliphatic carbocycles. The van der Waals surface area contributed by atoms with Gasteiger partial charge in [0.15, 0.2) is 0 Å². The third-order valence-corrected chi connectivity index (χ3v) is 6.24. The van der Waals surface area contributed by atoms with Crippen molar-refractivity contribution in [3.63, 3.8) is 0 Å². The largest absolute Gasteiger partial charge is 0.376 e. The molecule has 1 N–H and O–H groups in total. The van der Waals surface area contributed by atoms with Gasteiger partial charge in [-0.15, -0.1) is 0 Å². The normalized spacial score (nSPS) is 11.4. The molecule has 0 spiro atoms. The van der Waals surface area contributed by atoms with Crippen LogP contribution in [0.25, 0.3) is 11.1 Å². The fraction of sp³-hybridized carbons (Fsp3) is 0.0400. The summed E-state index contributed by atoms with van der Waals surface area (Å²) in [5.41, 5.74) is 3.69. The second kappa shape index (κ2) is 8.35. The third kappa shape index (κ3) is 3.88. The summed E-state index contributed by atoms with van der Waals surface area (Å²) in [6, 6.07) is 34.7. The highest BCUT2D eigenvalue weighted by Crippen LogP contribution is 2.38. The highest BCUT2D eigenvalue weighted by molar-refractivity contribution is 14.1. The van der Waals surface area contributed by atoms with E-state index in [0.29, 0.717) is 0 Å². The first-order chi connectivity index (χ1) is 13.6. The van der Waals surface area contributed by atoms with Gasteiger partial charge in [-0.1, -0.05) is 78.9 Å². The highest BCUT2D eigenvalue weighted by Gasteiger charge is 2.34. The molecule has 1 nitrogen and oxygen atoms in total. The van der Waals surface area contributed by atoms with Crippen molar-refractivity contribution >= 4 is 45.2 Å². The Morgan fingerprint density at radius 2 is 1.00 bits per heavy atom. The van der Waals surface area contributed by atoms with Gasteiger partial charge in [0.1, 0.15) is 5.60 Å². The minimum Gasteiger partial charge on any atom is -0.376 e. The van der Waals surface area contributed by atoms with Gasteiger partial charge in [-0.25, -0.2) is 0 Å². The molecular formula is C25H18I2O. The van der Waals surface area contributed by atoms with Gasteiger partial charge >= 0.3 is 0 Å². The Labute approximate surface area is 192 Å². The second-order valence-corrected chi connectivity index (χ2v) is 9.17. The van der Waals surface area contributed by atoms with Crippen LogP contribution in [0.1, 0.15) is 16.7 Å². The molecule has 28 heavy (non-hydrogen) atoms. The second-order valence-electron chi connectivity index (χ2n) is 6.67. The van der Waals surface area contributed by atoms with Crippen LogP contribution in [0.2, 0.25) is 0 Å². The molecule has 0 atom stereocenters. The predicted octanol–water partition coefficient (Wildman–Crippen LogP) is 6.85. The van der Waals surface area contributed by atoms with E-state index in [9.17, 15) is 5.11 Å². The topological polar surface area (TPSA) is 20.2 Å². The molecule has 0 fully saturated rings. The molecular weight excluding hydrogens is 570 g/mol. The van der Waals surface area contributed by atoms with Gasteiger partial charge in [-0.05, 0) is 97.3 Å². The summed E-state index contributed by atoms with van der Waals surface area (Å²) in [5, 5.41) is 12.0. The van der Waals surface area contributed by atoms with Gasteiger partial charge in [0, 0.05) is 7.14 Å². The summed E-state index contributed by atoms with van der Waals surface area (Å²) in [6.07, 6.45) is 0. The molecule has 0 aliphatic rings. The fourth-order valence-electron chi connectivity index (χ4n) is 3.46. The van der Waals surface area contributed by atoms with Gasteiger partial charge < -0.3 is 5.11 Å². The maximum atomic E-state index is 12.0. The number of benzene rings is 4. The number of aliphatic hydroxyl groups is 1. The van der Waals surface area contributed by atoms with Gasteiger partial charge in [0.2, 0.25) is 0 Å². The summed E-state index contributed by atoms with van der Waals surface area (Å²) in [5.74, 6) is 0. The predicted molar refractivity (Wildman–Crippen MR) is 132 cm³/mol. The van der Waals surface area contributed by atoms with E-state index in [2.05, 4.69) is 69.4 Å². The molecule has 4 rings (SSSR count). The van der Waals surface area contributed by atoms with Crippen molar-refractivity contribution < 1.29 is 5.11 Å². The Kier molecular flexibility index (Phi) is 5.85. The average molecular weight is 588 g/mol. The van der Waals surface area contributed by atoms with E-state index in [1.54, 1.807) is 0 Å². The third-order valence-electron chi connectivity index (χ3n) is 4.89. The van der Waals surface area contributed by atoms with Crippen LogP contribution in [0, 0.1) is 7.14 Å². The lowest BCUT2D eigenvalue weighted by Gasteiger charge is -2.30. The minimum absolute atomic E-state index is 0.858. The van der Waals surface area contributed by atoms with Crippen LogP contribution < -0.4 is 0 Å². The van der Waals surface area contributed by atoms with Crippen LogP contribution in [0.3, 0.4) is 0 Å². The first-order valence-corrected chi connectivity index (χ1v) is 11.1. The molecule has 4 aromatic carbocycles. The molecule has 138 valence electrons. The Bertz CT molecular complexity index is 1040. The van der Waals surface area contributed by atoms with E-state index in [1.807, 2.05) is 78.9 Å². The molecule has 3 heteroatoms. The van der Waals surface area contributed by atoms with Crippen molar-refractivity contribution in [1.29, 1.82) is 0 Å². The van der Waals surface area contributed by atoms with Gasteiger partial charge in [-0.3, -0.25) is 0 Å². The zero-order valence-corrected chi connectivity index (χ0v) is 19.3. The van der Waals surface area contributed by atoms with E-state index in [0.717, 1.165) is 29.4 Å². The van der Waals surface area contributed by atoms with Crippen molar-refractivity contribution in [1.82, 2.24) is 0 Å². The molecule has 0 radical (unpaired) electrons. The lowest BCUT2D eigenvalue weighted by atomic mass is 9.80. The zero-order valence-electron chi connectivity index (χ0n) is 15.0. The first kappa shape index (κ1) is 19.6. The summed E-state index contributed by atoms with van der Waals surface area (Å²) in [7, 11) is 0. The van der Waals surface area contributed by atoms with E-state index in [1.165, 1.54) is 5.56 Å². The summed E-state index contributed by atoms with van der Waals surface area (Å²) in [4.78, 5) is 0. The maximum absolute atomic E-state index is 12.0. The fourth-order valence-corrected chi connectivity index (χ4v) is 4.55. The van der Waals surface area contributed by atoms with Crippen molar-refractivity contribution in [3.8, 4) is 11.1 Å². The van der Waals surface area contributed by atoms with Gasteiger partial charge in [0.25, 0.3) is 0 Å². The lowest BCUT2D eigenvalue weighted by molar-refractivity contribution is 0.125. The highest BCUT2D eigenvalue weighted by atomic mass is 127. The molecule has 0 saturated carbocycles. The van der Waals surface area contributed by atoms with Crippen molar-refractivity contribution in [2.75, 3.05) is 0 Å². The van der Waals surface area contributed by atoms with Crippen molar-refractivity contribution in [3.05, 3.63) is 127 Å². The lowest BCUT2D eigenvalue weighted by Crippen LogP contribution is -2.29. The zero-order chi connectivity index (χ0) is 19.6. The van der Waals surface area contributed by atoms with Crippen LogP contribution in [-0.4, -0.2) is 5.11 Å².